The molecule has 0 spiro atoms. The molecule has 1 fully saturated rings. The summed E-state index contributed by atoms with van der Waals surface area (Å²) in [6.07, 6.45) is 3.58. The fourth-order valence-electron chi connectivity index (χ4n) is 2.31. The number of nitrogens with zero attached hydrogens (tertiary/aromatic N) is 4. The predicted molar refractivity (Wildman–Crippen MR) is 67.7 cm³/mol. The van der Waals surface area contributed by atoms with Gasteiger partial charge >= 0.3 is 0 Å². The van der Waals surface area contributed by atoms with Crippen LogP contribution in [0.1, 0.15) is 12.8 Å². The fourth-order valence-corrected chi connectivity index (χ4v) is 2.31. The molecule has 0 unspecified atom stereocenters. The van der Waals surface area contributed by atoms with Crippen LogP contribution >= 0.6 is 0 Å². The first-order valence-corrected chi connectivity index (χ1v) is 6.27. The summed E-state index contributed by atoms with van der Waals surface area (Å²) in [4.78, 5) is 12.8. The van der Waals surface area contributed by atoms with Crippen molar-refractivity contribution in [2.75, 3.05) is 18.0 Å². The Morgan fingerprint density at radius 3 is 2.30 bits per heavy atom. The maximum atomic E-state index is 14.2. The van der Waals surface area contributed by atoms with E-state index >= 15 is 0 Å². The summed E-state index contributed by atoms with van der Waals surface area (Å²) in [5.41, 5.74) is 0.190. The first kappa shape index (κ1) is 12.7. The monoisotopic (exact) mass is 278 g/mol. The molecule has 1 aliphatic heterocycles. The third-order valence-electron chi connectivity index (χ3n) is 3.33. The van der Waals surface area contributed by atoms with Crippen LogP contribution in [0, 0.1) is 11.6 Å². The summed E-state index contributed by atoms with van der Waals surface area (Å²) in [7, 11) is 0. The van der Waals surface area contributed by atoms with Crippen LogP contribution in [0.4, 0.5) is 14.5 Å². The molecule has 1 aromatic heterocycles. The van der Waals surface area contributed by atoms with Crippen molar-refractivity contribution in [3.05, 3.63) is 36.2 Å². The first-order chi connectivity index (χ1) is 9.65. The van der Waals surface area contributed by atoms with Crippen molar-refractivity contribution in [3.63, 3.8) is 0 Å². The number of aromatic nitrogens is 3. The molecule has 0 bridgehead atoms. The molecule has 2 heterocycles. The van der Waals surface area contributed by atoms with Crippen molar-refractivity contribution < 1.29 is 13.6 Å². The standard InChI is InChI=1S/C13H12F2N4O/c14-11-7-9(19-6-3-16-17-19)8-12(15)13(11)18-4-1-10(20)2-5-18/h3,6-8H,1-2,4-5H2. The lowest BCUT2D eigenvalue weighted by Gasteiger charge is -2.28. The quantitative estimate of drug-likeness (QED) is 0.839. The fraction of sp³-hybridized carbons (Fsp3) is 0.308. The van der Waals surface area contributed by atoms with E-state index in [9.17, 15) is 13.6 Å². The number of carbonyl (C=O) groups is 1. The highest BCUT2D eigenvalue weighted by atomic mass is 19.1. The number of ketones is 1. The summed E-state index contributed by atoms with van der Waals surface area (Å²) in [6.45, 7) is 0.685. The van der Waals surface area contributed by atoms with Gasteiger partial charge in [0.1, 0.15) is 11.5 Å². The van der Waals surface area contributed by atoms with Crippen LogP contribution in [0.2, 0.25) is 0 Å². The van der Waals surface area contributed by atoms with Crippen LogP contribution in [0.3, 0.4) is 0 Å². The lowest BCUT2D eigenvalue weighted by molar-refractivity contribution is -0.119. The summed E-state index contributed by atoms with van der Waals surface area (Å²) >= 11 is 0. The van der Waals surface area contributed by atoms with Crippen molar-refractivity contribution in [2.24, 2.45) is 0 Å². The molecular formula is C13H12F2N4O. The molecule has 0 saturated carbocycles. The molecule has 2 aromatic rings. The van der Waals surface area contributed by atoms with E-state index in [1.807, 2.05) is 0 Å². The molecule has 0 aliphatic carbocycles. The molecular weight excluding hydrogens is 266 g/mol. The minimum absolute atomic E-state index is 0.0821. The van der Waals surface area contributed by atoms with Gasteiger partial charge < -0.3 is 4.90 Å². The molecule has 0 N–H and O–H groups in total. The Hall–Kier alpha value is -2.31. The van der Waals surface area contributed by atoms with Crippen molar-refractivity contribution in [2.45, 2.75) is 12.8 Å². The van der Waals surface area contributed by atoms with E-state index in [4.69, 9.17) is 0 Å². The first-order valence-electron chi connectivity index (χ1n) is 6.27. The Labute approximate surface area is 113 Å². The van der Waals surface area contributed by atoms with E-state index in [0.717, 1.165) is 0 Å². The number of hydrogen-bond acceptors (Lipinski definition) is 4. The Kier molecular flexibility index (Phi) is 3.17. The smallest absolute Gasteiger partial charge is 0.151 e. The van der Waals surface area contributed by atoms with Gasteiger partial charge in [0.25, 0.3) is 0 Å². The van der Waals surface area contributed by atoms with Gasteiger partial charge in [0.15, 0.2) is 11.6 Å². The Balaban J connectivity index is 1.95. The van der Waals surface area contributed by atoms with Crippen LogP contribution in [0.5, 0.6) is 0 Å². The van der Waals surface area contributed by atoms with E-state index in [2.05, 4.69) is 10.3 Å². The second-order valence-corrected chi connectivity index (χ2v) is 4.63. The SMILES string of the molecule is O=C1CCN(c2c(F)cc(-n3ccnn3)cc2F)CC1. The molecule has 7 heteroatoms. The second kappa shape index (κ2) is 4.99. The predicted octanol–water partition coefficient (Wildman–Crippen LogP) is 1.71. The van der Waals surface area contributed by atoms with Crippen LogP contribution in [-0.2, 0) is 4.79 Å². The number of Topliss-reactive ketones (excluding diaryl/α,β-unsaturated/α-hetero) is 1. The van der Waals surface area contributed by atoms with Crippen LogP contribution < -0.4 is 4.90 Å². The highest BCUT2D eigenvalue weighted by molar-refractivity contribution is 5.81. The van der Waals surface area contributed by atoms with E-state index in [-0.39, 0.29) is 17.2 Å². The van der Waals surface area contributed by atoms with Crippen molar-refractivity contribution in [1.29, 1.82) is 0 Å². The maximum absolute atomic E-state index is 14.2. The van der Waals surface area contributed by atoms with Gasteiger partial charge in [0.2, 0.25) is 0 Å². The summed E-state index contributed by atoms with van der Waals surface area (Å²) in [5, 5.41) is 7.29. The Bertz CT molecular complexity index is 609. The van der Waals surface area contributed by atoms with Gasteiger partial charge in [-0.25, -0.2) is 13.5 Å². The van der Waals surface area contributed by atoms with Crippen molar-refractivity contribution in [3.8, 4) is 5.69 Å². The highest BCUT2D eigenvalue weighted by Gasteiger charge is 2.23. The zero-order chi connectivity index (χ0) is 14.1. The number of carbonyl (C=O) groups excluding carboxylic acids is 1. The Morgan fingerprint density at radius 1 is 1.10 bits per heavy atom. The van der Waals surface area contributed by atoms with E-state index in [1.165, 1.54) is 29.2 Å². The molecule has 0 atom stereocenters. The van der Waals surface area contributed by atoms with Crippen LogP contribution in [0.15, 0.2) is 24.5 Å². The molecule has 1 aliphatic rings. The van der Waals surface area contributed by atoms with Crippen LogP contribution in [-0.4, -0.2) is 33.9 Å². The van der Waals surface area contributed by atoms with Crippen molar-refractivity contribution in [1.82, 2.24) is 15.0 Å². The summed E-state index contributed by atoms with van der Waals surface area (Å²) in [6, 6.07) is 2.42. The lowest BCUT2D eigenvalue weighted by atomic mass is 10.1. The van der Waals surface area contributed by atoms with Gasteiger partial charge in [-0.1, -0.05) is 5.21 Å². The summed E-state index contributed by atoms with van der Waals surface area (Å²) in [5.74, 6) is -1.20. The average Bonchev–Trinajstić information content (AvgIpc) is 2.94. The molecule has 0 amide bonds. The largest absolute Gasteiger partial charge is 0.366 e. The van der Waals surface area contributed by atoms with Gasteiger partial charge in [-0.3, -0.25) is 4.79 Å². The summed E-state index contributed by atoms with van der Waals surface area (Å²) < 4.78 is 29.6. The van der Waals surface area contributed by atoms with Gasteiger partial charge in [-0.15, -0.1) is 5.10 Å². The minimum Gasteiger partial charge on any atom is -0.366 e. The van der Waals surface area contributed by atoms with Gasteiger partial charge in [-0.2, -0.15) is 0 Å². The zero-order valence-corrected chi connectivity index (χ0v) is 10.6. The topological polar surface area (TPSA) is 51.0 Å². The Morgan fingerprint density at radius 2 is 1.75 bits per heavy atom. The third kappa shape index (κ3) is 2.26. The van der Waals surface area contributed by atoms with Gasteiger partial charge in [-0.05, 0) is 0 Å². The lowest BCUT2D eigenvalue weighted by Crippen LogP contribution is -2.35. The van der Waals surface area contributed by atoms with E-state index in [1.54, 1.807) is 4.90 Å². The van der Waals surface area contributed by atoms with Crippen molar-refractivity contribution >= 4 is 11.5 Å². The maximum Gasteiger partial charge on any atom is 0.151 e. The second-order valence-electron chi connectivity index (χ2n) is 4.63. The molecule has 0 radical (unpaired) electrons. The van der Waals surface area contributed by atoms with Gasteiger partial charge in [0.05, 0.1) is 18.1 Å². The number of rotatable bonds is 2. The minimum atomic E-state index is -0.662. The molecule has 1 saturated heterocycles. The number of benzene rings is 1. The number of halogens is 2. The molecule has 20 heavy (non-hydrogen) atoms. The van der Waals surface area contributed by atoms with E-state index in [0.29, 0.717) is 25.9 Å². The third-order valence-corrected chi connectivity index (χ3v) is 3.33. The molecule has 5 nitrogen and oxygen atoms in total. The number of anilines is 1. The molecule has 3 rings (SSSR count). The average molecular weight is 278 g/mol. The van der Waals surface area contributed by atoms with Crippen LogP contribution in [0.25, 0.3) is 5.69 Å². The number of piperidine rings is 1. The normalized spacial score (nSPS) is 15.7. The number of hydrogen-bond donors (Lipinski definition) is 0. The molecule has 1 aromatic carbocycles. The molecule has 104 valence electrons. The van der Waals surface area contributed by atoms with Gasteiger partial charge in [0, 0.05) is 38.1 Å². The van der Waals surface area contributed by atoms with E-state index < -0.39 is 11.6 Å². The zero-order valence-electron chi connectivity index (χ0n) is 10.6. The highest BCUT2D eigenvalue weighted by Crippen LogP contribution is 2.28.